The van der Waals surface area contributed by atoms with Gasteiger partial charge in [0.25, 0.3) is 0 Å². The molecule has 0 radical (unpaired) electrons. The molecule has 1 aliphatic heterocycles. The van der Waals surface area contributed by atoms with E-state index in [0.717, 1.165) is 0 Å². The van der Waals surface area contributed by atoms with Crippen LogP contribution in [0.4, 0.5) is 0 Å². The van der Waals surface area contributed by atoms with E-state index in [1.165, 1.54) is 13.3 Å². The molecule has 0 spiro atoms. The van der Waals surface area contributed by atoms with E-state index < -0.39 is 0 Å². The number of ketones is 1. The first kappa shape index (κ1) is 11.0. The topological polar surface area (TPSA) is 74.4 Å². The number of nitrogens with two attached hydrogens (primary N) is 1. The Morgan fingerprint density at radius 1 is 1.56 bits per heavy atom. The predicted octanol–water partition coefficient (Wildman–Crippen LogP) is 0.247. The number of rotatable bonds is 3. The number of carbonyl (C=O) groups excluding carboxylic acids is 1. The van der Waals surface area contributed by atoms with Crippen LogP contribution in [-0.2, 0) is 4.74 Å². The molecule has 1 fully saturated rings. The van der Waals surface area contributed by atoms with Crippen molar-refractivity contribution >= 4 is 5.78 Å². The Labute approximate surface area is 93.6 Å². The van der Waals surface area contributed by atoms with Crippen molar-refractivity contribution in [3.8, 4) is 5.75 Å². The van der Waals surface area contributed by atoms with E-state index in [1.807, 2.05) is 0 Å². The van der Waals surface area contributed by atoms with Crippen LogP contribution in [0.2, 0.25) is 0 Å². The summed E-state index contributed by atoms with van der Waals surface area (Å²) in [7, 11) is 1.54. The van der Waals surface area contributed by atoms with Gasteiger partial charge in [-0.2, -0.15) is 0 Å². The lowest BCUT2D eigenvalue weighted by Gasteiger charge is -2.11. The molecule has 1 aliphatic rings. The lowest BCUT2D eigenvalue weighted by molar-refractivity contribution is 0.0895. The molecule has 1 aromatic rings. The van der Waals surface area contributed by atoms with E-state index in [2.05, 4.69) is 4.98 Å². The van der Waals surface area contributed by atoms with Gasteiger partial charge in [-0.15, -0.1) is 0 Å². The molecule has 2 rings (SSSR count). The van der Waals surface area contributed by atoms with E-state index >= 15 is 0 Å². The molecule has 0 aromatic carbocycles. The molecular weight excluding hydrogens is 208 g/mol. The Morgan fingerprint density at radius 2 is 2.38 bits per heavy atom. The first-order valence-corrected chi connectivity index (χ1v) is 5.09. The highest BCUT2D eigenvalue weighted by Gasteiger charge is 2.32. The summed E-state index contributed by atoms with van der Waals surface area (Å²) < 4.78 is 10.2. The minimum absolute atomic E-state index is 0.0311. The number of Topliss-reactive ketones (excluding diaryl/α,β-unsaturated/α-hetero) is 1. The minimum atomic E-state index is -0.270. The van der Waals surface area contributed by atoms with Crippen LogP contribution in [0.25, 0.3) is 0 Å². The van der Waals surface area contributed by atoms with Crippen LogP contribution in [0.15, 0.2) is 18.5 Å². The summed E-state index contributed by atoms with van der Waals surface area (Å²) in [6, 6.07) is 1.44. The summed E-state index contributed by atoms with van der Waals surface area (Å²) in [4.78, 5) is 16.0. The third-order valence-electron chi connectivity index (χ3n) is 2.69. The van der Waals surface area contributed by atoms with Crippen LogP contribution in [0.3, 0.4) is 0 Å². The van der Waals surface area contributed by atoms with Crippen LogP contribution in [0.1, 0.15) is 10.4 Å². The van der Waals surface area contributed by atoms with Gasteiger partial charge in [-0.05, 0) is 6.07 Å². The first-order valence-electron chi connectivity index (χ1n) is 5.09. The molecule has 2 unspecified atom stereocenters. The fraction of sp³-hybridized carbons (Fsp3) is 0.455. The normalized spacial score (nSPS) is 24.4. The molecule has 86 valence electrons. The zero-order chi connectivity index (χ0) is 11.5. The largest absolute Gasteiger partial charge is 0.495 e. The second-order valence-corrected chi connectivity index (χ2v) is 3.79. The van der Waals surface area contributed by atoms with Gasteiger partial charge in [0.05, 0.1) is 32.4 Å². The predicted molar refractivity (Wildman–Crippen MR) is 57.4 cm³/mol. The van der Waals surface area contributed by atoms with Crippen molar-refractivity contribution in [2.24, 2.45) is 11.7 Å². The number of carbonyl (C=O) groups is 1. The molecule has 0 aliphatic carbocycles. The van der Waals surface area contributed by atoms with Crippen molar-refractivity contribution in [2.75, 3.05) is 20.3 Å². The van der Waals surface area contributed by atoms with E-state index in [1.54, 1.807) is 12.3 Å². The zero-order valence-corrected chi connectivity index (χ0v) is 9.05. The maximum Gasteiger partial charge on any atom is 0.171 e. The number of nitrogens with zero attached hydrogens (tertiary/aromatic N) is 1. The fourth-order valence-corrected chi connectivity index (χ4v) is 1.72. The van der Waals surface area contributed by atoms with Gasteiger partial charge in [0, 0.05) is 17.8 Å². The average molecular weight is 222 g/mol. The summed E-state index contributed by atoms with van der Waals surface area (Å²) in [5.41, 5.74) is 6.31. The standard InChI is InChI=1S/C11H14N2O3/c1-15-8-2-7(3-13-4-8)11(14)9-5-16-6-10(9)12/h2-4,9-10H,5-6,12H2,1H3. The van der Waals surface area contributed by atoms with Gasteiger partial charge in [0.1, 0.15) is 5.75 Å². The smallest absolute Gasteiger partial charge is 0.171 e. The minimum Gasteiger partial charge on any atom is -0.495 e. The van der Waals surface area contributed by atoms with Crippen molar-refractivity contribution < 1.29 is 14.3 Å². The average Bonchev–Trinajstić information content (AvgIpc) is 2.74. The van der Waals surface area contributed by atoms with Crippen molar-refractivity contribution in [3.05, 3.63) is 24.0 Å². The highest BCUT2D eigenvalue weighted by atomic mass is 16.5. The second-order valence-electron chi connectivity index (χ2n) is 3.79. The van der Waals surface area contributed by atoms with E-state index in [9.17, 15) is 4.79 Å². The highest BCUT2D eigenvalue weighted by Crippen LogP contribution is 2.19. The Balaban J connectivity index is 2.19. The van der Waals surface area contributed by atoms with Crippen LogP contribution in [-0.4, -0.2) is 37.1 Å². The molecule has 1 saturated heterocycles. The van der Waals surface area contributed by atoms with E-state index in [-0.39, 0.29) is 17.7 Å². The quantitative estimate of drug-likeness (QED) is 0.742. The molecule has 0 amide bonds. The van der Waals surface area contributed by atoms with Gasteiger partial charge >= 0.3 is 0 Å². The maximum absolute atomic E-state index is 12.1. The number of methoxy groups -OCH3 is 1. The monoisotopic (exact) mass is 222 g/mol. The van der Waals surface area contributed by atoms with Gasteiger partial charge in [-0.3, -0.25) is 9.78 Å². The number of pyridine rings is 1. The molecule has 5 nitrogen and oxygen atoms in total. The molecule has 2 N–H and O–H groups in total. The first-order chi connectivity index (χ1) is 7.72. The Hall–Kier alpha value is -1.46. The Kier molecular flexibility index (Phi) is 3.17. The van der Waals surface area contributed by atoms with Crippen LogP contribution >= 0.6 is 0 Å². The number of hydrogen-bond donors (Lipinski definition) is 1. The highest BCUT2D eigenvalue weighted by molar-refractivity contribution is 5.98. The van der Waals surface area contributed by atoms with Crippen molar-refractivity contribution in [2.45, 2.75) is 6.04 Å². The summed E-state index contributed by atoms with van der Waals surface area (Å²) in [5, 5.41) is 0. The Bertz CT molecular complexity index is 395. The number of hydrogen-bond acceptors (Lipinski definition) is 5. The molecule has 2 atom stereocenters. The third kappa shape index (κ3) is 2.05. The van der Waals surface area contributed by atoms with Gasteiger partial charge in [0.2, 0.25) is 0 Å². The summed E-state index contributed by atoms with van der Waals surface area (Å²) in [6.45, 7) is 0.824. The number of ether oxygens (including phenoxy) is 2. The lowest BCUT2D eigenvalue weighted by atomic mass is 9.95. The van der Waals surface area contributed by atoms with Gasteiger partial charge in [-0.25, -0.2) is 0 Å². The number of aromatic nitrogens is 1. The van der Waals surface area contributed by atoms with Gasteiger partial charge in [0.15, 0.2) is 5.78 Å². The summed E-state index contributed by atoms with van der Waals surface area (Å²) in [5.74, 6) is 0.267. The van der Waals surface area contributed by atoms with Crippen LogP contribution in [0, 0.1) is 5.92 Å². The van der Waals surface area contributed by atoms with E-state index in [0.29, 0.717) is 24.5 Å². The van der Waals surface area contributed by atoms with Crippen LogP contribution < -0.4 is 10.5 Å². The zero-order valence-electron chi connectivity index (χ0n) is 9.05. The molecular formula is C11H14N2O3. The SMILES string of the molecule is COc1cncc(C(=O)C2COCC2N)c1. The van der Waals surface area contributed by atoms with Crippen molar-refractivity contribution in [1.82, 2.24) is 4.98 Å². The van der Waals surface area contributed by atoms with Crippen molar-refractivity contribution in [3.63, 3.8) is 0 Å². The lowest BCUT2D eigenvalue weighted by Crippen LogP contribution is -2.34. The summed E-state index contributed by atoms with van der Waals surface area (Å²) in [6.07, 6.45) is 3.08. The molecule has 5 heteroatoms. The molecule has 0 bridgehead atoms. The third-order valence-corrected chi connectivity index (χ3v) is 2.69. The van der Waals surface area contributed by atoms with Crippen molar-refractivity contribution in [1.29, 1.82) is 0 Å². The fourth-order valence-electron chi connectivity index (χ4n) is 1.72. The van der Waals surface area contributed by atoms with Gasteiger partial charge < -0.3 is 15.2 Å². The van der Waals surface area contributed by atoms with Gasteiger partial charge in [-0.1, -0.05) is 0 Å². The van der Waals surface area contributed by atoms with Crippen LogP contribution in [0.5, 0.6) is 5.75 Å². The maximum atomic E-state index is 12.1. The molecule has 1 aromatic heterocycles. The second kappa shape index (κ2) is 4.59. The molecule has 2 heterocycles. The molecule has 16 heavy (non-hydrogen) atoms. The summed E-state index contributed by atoms with van der Waals surface area (Å²) >= 11 is 0. The Morgan fingerprint density at radius 3 is 3.00 bits per heavy atom. The van der Waals surface area contributed by atoms with E-state index in [4.69, 9.17) is 15.2 Å². The molecule has 0 saturated carbocycles.